The van der Waals surface area contributed by atoms with E-state index in [-0.39, 0.29) is 0 Å². The maximum absolute atomic E-state index is 5.78. The summed E-state index contributed by atoms with van der Waals surface area (Å²) in [6.07, 6.45) is 6.70. The first kappa shape index (κ1) is 12.0. The van der Waals surface area contributed by atoms with Gasteiger partial charge in [-0.25, -0.2) is 0 Å². The fourth-order valence-corrected chi connectivity index (χ4v) is 2.31. The number of benzene rings is 1. The van der Waals surface area contributed by atoms with Crippen LogP contribution in [0.4, 0.5) is 0 Å². The summed E-state index contributed by atoms with van der Waals surface area (Å²) in [6, 6.07) is 8.19. The van der Waals surface area contributed by atoms with Crippen LogP contribution in [0.3, 0.4) is 0 Å². The topological polar surface area (TPSA) is 9.23 Å². The van der Waals surface area contributed by atoms with E-state index >= 15 is 0 Å². The summed E-state index contributed by atoms with van der Waals surface area (Å²) >= 11 is 0. The second kappa shape index (κ2) is 5.72. The van der Waals surface area contributed by atoms with Crippen LogP contribution in [0, 0.1) is 5.92 Å². The molecule has 17 heavy (non-hydrogen) atoms. The van der Waals surface area contributed by atoms with E-state index in [0.29, 0.717) is 5.92 Å². The molecule has 0 N–H and O–H groups in total. The fourth-order valence-electron chi connectivity index (χ4n) is 2.31. The van der Waals surface area contributed by atoms with E-state index in [9.17, 15) is 0 Å². The number of rotatable bonds is 5. The molecule has 1 atom stereocenters. The summed E-state index contributed by atoms with van der Waals surface area (Å²) in [6.45, 7) is 8.76. The lowest BCUT2D eigenvalue weighted by Crippen LogP contribution is -2.19. The highest BCUT2D eigenvalue weighted by molar-refractivity contribution is 5.71. The zero-order chi connectivity index (χ0) is 12.1. The van der Waals surface area contributed by atoms with Crippen molar-refractivity contribution >= 4 is 5.57 Å². The standard InChI is InChI=1S/C16H20O/c1-3-4-5-6-9-14-12-17-16-11-8-7-10-15(16)13(14)2/h3,7-8,10-11,14H,1-2,4-6,9,12H2/t14-/m1/s1. The summed E-state index contributed by atoms with van der Waals surface area (Å²) in [5.41, 5.74) is 2.43. The Morgan fingerprint density at radius 2 is 2.12 bits per heavy atom. The summed E-state index contributed by atoms with van der Waals surface area (Å²) in [5.74, 6) is 1.47. The first-order valence-corrected chi connectivity index (χ1v) is 6.35. The molecule has 0 bridgehead atoms. The van der Waals surface area contributed by atoms with Crippen LogP contribution in [0.15, 0.2) is 43.5 Å². The van der Waals surface area contributed by atoms with Crippen LogP contribution in [-0.4, -0.2) is 6.61 Å². The minimum atomic E-state index is 0.481. The van der Waals surface area contributed by atoms with Crippen molar-refractivity contribution in [2.45, 2.75) is 25.7 Å². The maximum atomic E-state index is 5.78. The quantitative estimate of drug-likeness (QED) is 0.534. The summed E-state index contributed by atoms with van der Waals surface area (Å²) < 4.78 is 5.78. The van der Waals surface area contributed by atoms with Gasteiger partial charge in [0.25, 0.3) is 0 Å². The second-order valence-corrected chi connectivity index (χ2v) is 4.60. The van der Waals surface area contributed by atoms with Crippen molar-refractivity contribution in [2.24, 2.45) is 5.92 Å². The molecule has 1 aromatic rings. The van der Waals surface area contributed by atoms with Gasteiger partial charge in [0, 0.05) is 11.5 Å². The van der Waals surface area contributed by atoms with Gasteiger partial charge in [-0.2, -0.15) is 0 Å². The molecule has 0 saturated carbocycles. The number of unbranched alkanes of at least 4 members (excludes halogenated alkanes) is 2. The molecule has 1 aliphatic rings. The monoisotopic (exact) mass is 228 g/mol. The van der Waals surface area contributed by atoms with E-state index in [1.807, 2.05) is 24.3 Å². The Kier molecular flexibility index (Phi) is 4.03. The lowest BCUT2D eigenvalue weighted by molar-refractivity contribution is 0.258. The molecule has 0 aromatic heterocycles. The number of para-hydroxylation sites is 1. The first-order chi connectivity index (χ1) is 8.33. The van der Waals surface area contributed by atoms with E-state index in [0.717, 1.165) is 18.8 Å². The minimum absolute atomic E-state index is 0.481. The van der Waals surface area contributed by atoms with Gasteiger partial charge in [-0.05, 0) is 30.9 Å². The summed E-state index contributed by atoms with van der Waals surface area (Å²) in [5, 5.41) is 0. The highest BCUT2D eigenvalue weighted by Crippen LogP contribution is 2.36. The normalized spacial score (nSPS) is 18.4. The van der Waals surface area contributed by atoms with Crippen molar-refractivity contribution in [2.75, 3.05) is 6.61 Å². The van der Waals surface area contributed by atoms with Crippen molar-refractivity contribution in [3.63, 3.8) is 0 Å². The molecule has 90 valence electrons. The van der Waals surface area contributed by atoms with Gasteiger partial charge in [-0.3, -0.25) is 0 Å². The number of ether oxygens (including phenoxy) is 1. The van der Waals surface area contributed by atoms with Gasteiger partial charge in [-0.15, -0.1) is 6.58 Å². The van der Waals surface area contributed by atoms with Crippen molar-refractivity contribution < 1.29 is 4.74 Å². The molecule has 0 fully saturated rings. The average Bonchev–Trinajstić information content (AvgIpc) is 2.37. The van der Waals surface area contributed by atoms with E-state index in [4.69, 9.17) is 4.74 Å². The van der Waals surface area contributed by atoms with Gasteiger partial charge in [0.2, 0.25) is 0 Å². The SMILES string of the molecule is C=CCCCC[C@@H]1COc2ccccc2C1=C. The largest absolute Gasteiger partial charge is 0.492 e. The van der Waals surface area contributed by atoms with Gasteiger partial charge in [0.1, 0.15) is 5.75 Å². The molecule has 0 saturated heterocycles. The molecule has 0 amide bonds. The molecule has 0 radical (unpaired) electrons. The van der Waals surface area contributed by atoms with Crippen LogP contribution in [0.5, 0.6) is 5.75 Å². The van der Waals surface area contributed by atoms with Crippen LogP contribution in [0.2, 0.25) is 0 Å². The molecule has 1 aromatic carbocycles. The Hall–Kier alpha value is -1.50. The van der Waals surface area contributed by atoms with Crippen LogP contribution in [-0.2, 0) is 0 Å². The van der Waals surface area contributed by atoms with Crippen molar-refractivity contribution in [3.8, 4) is 5.75 Å². The van der Waals surface area contributed by atoms with E-state index in [1.165, 1.54) is 30.4 Å². The van der Waals surface area contributed by atoms with Gasteiger partial charge < -0.3 is 4.74 Å². The maximum Gasteiger partial charge on any atom is 0.126 e. The van der Waals surface area contributed by atoms with Crippen molar-refractivity contribution in [1.29, 1.82) is 0 Å². The molecule has 1 heterocycles. The lowest BCUT2D eigenvalue weighted by atomic mass is 9.88. The summed E-state index contributed by atoms with van der Waals surface area (Å²) in [4.78, 5) is 0. The second-order valence-electron chi connectivity index (χ2n) is 4.60. The molecule has 1 heteroatoms. The highest BCUT2D eigenvalue weighted by atomic mass is 16.5. The zero-order valence-electron chi connectivity index (χ0n) is 10.3. The van der Waals surface area contributed by atoms with Crippen molar-refractivity contribution in [3.05, 3.63) is 49.1 Å². The Morgan fingerprint density at radius 3 is 2.94 bits per heavy atom. The predicted octanol–water partition coefficient (Wildman–Crippen LogP) is 4.45. The van der Waals surface area contributed by atoms with Gasteiger partial charge in [0.05, 0.1) is 6.61 Å². The van der Waals surface area contributed by atoms with E-state index < -0.39 is 0 Å². The Labute approximate surface area is 104 Å². The van der Waals surface area contributed by atoms with Crippen LogP contribution >= 0.6 is 0 Å². The lowest BCUT2D eigenvalue weighted by Gasteiger charge is -2.27. The third-order valence-electron chi connectivity index (χ3n) is 3.38. The molecule has 0 unspecified atom stereocenters. The number of hydrogen-bond donors (Lipinski definition) is 0. The molecule has 2 rings (SSSR count). The average molecular weight is 228 g/mol. The fraction of sp³-hybridized carbons (Fsp3) is 0.375. The molecule has 0 aliphatic carbocycles. The molecule has 1 aliphatic heterocycles. The molecule has 1 nitrogen and oxygen atoms in total. The third-order valence-corrected chi connectivity index (χ3v) is 3.38. The van der Waals surface area contributed by atoms with Gasteiger partial charge >= 0.3 is 0 Å². The van der Waals surface area contributed by atoms with E-state index in [1.54, 1.807) is 0 Å². The summed E-state index contributed by atoms with van der Waals surface area (Å²) in [7, 11) is 0. The Balaban J connectivity index is 1.95. The Morgan fingerprint density at radius 1 is 1.29 bits per heavy atom. The molecular formula is C16H20O. The molecular weight excluding hydrogens is 208 g/mol. The highest BCUT2D eigenvalue weighted by Gasteiger charge is 2.22. The third kappa shape index (κ3) is 2.79. The Bertz CT molecular complexity index is 406. The van der Waals surface area contributed by atoms with Gasteiger partial charge in [0.15, 0.2) is 0 Å². The van der Waals surface area contributed by atoms with Crippen LogP contribution in [0.25, 0.3) is 5.57 Å². The number of hydrogen-bond acceptors (Lipinski definition) is 1. The number of allylic oxidation sites excluding steroid dienone is 1. The van der Waals surface area contributed by atoms with Gasteiger partial charge in [-0.1, -0.05) is 37.3 Å². The first-order valence-electron chi connectivity index (χ1n) is 6.35. The predicted molar refractivity (Wildman–Crippen MR) is 73.1 cm³/mol. The minimum Gasteiger partial charge on any atom is -0.492 e. The van der Waals surface area contributed by atoms with Crippen LogP contribution in [0.1, 0.15) is 31.2 Å². The van der Waals surface area contributed by atoms with E-state index in [2.05, 4.69) is 19.2 Å². The smallest absolute Gasteiger partial charge is 0.126 e. The zero-order valence-corrected chi connectivity index (χ0v) is 10.3. The van der Waals surface area contributed by atoms with Crippen LogP contribution < -0.4 is 4.74 Å². The number of fused-ring (bicyclic) bond motifs is 1. The molecule has 0 spiro atoms. The van der Waals surface area contributed by atoms with Crippen molar-refractivity contribution in [1.82, 2.24) is 0 Å².